The molecule has 1 rings (SSSR count). The Morgan fingerprint density at radius 1 is 0.420 bits per heavy atom. The predicted octanol–water partition coefficient (Wildman–Crippen LogP) is 17.0. The highest BCUT2D eigenvalue weighted by molar-refractivity contribution is 5.74. The number of allylic oxidation sites excluding steroid dienone is 18. The maximum Gasteiger partial charge on any atom is 0.335 e. The molecule has 1 fully saturated rings. The van der Waals surface area contributed by atoms with Gasteiger partial charge < -0.3 is 39.0 Å². The molecular formula is C69H112O12. The van der Waals surface area contributed by atoms with Crippen molar-refractivity contribution in [2.45, 2.75) is 289 Å². The summed E-state index contributed by atoms with van der Waals surface area (Å²) in [6, 6.07) is 0. The molecule has 81 heavy (non-hydrogen) atoms. The van der Waals surface area contributed by atoms with Gasteiger partial charge in [0.15, 0.2) is 24.6 Å². The van der Waals surface area contributed by atoms with Crippen LogP contribution in [0.4, 0.5) is 0 Å². The summed E-state index contributed by atoms with van der Waals surface area (Å²) >= 11 is 0. The van der Waals surface area contributed by atoms with Crippen LogP contribution < -0.4 is 0 Å². The van der Waals surface area contributed by atoms with Crippen molar-refractivity contribution in [2.24, 2.45) is 0 Å². The zero-order valence-electron chi connectivity index (χ0n) is 50.7. The van der Waals surface area contributed by atoms with Gasteiger partial charge >= 0.3 is 23.9 Å². The maximum absolute atomic E-state index is 13.2. The highest BCUT2D eigenvalue weighted by Crippen LogP contribution is 2.26. The molecule has 6 unspecified atom stereocenters. The number of aliphatic carboxylic acids is 1. The van der Waals surface area contributed by atoms with Gasteiger partial charge in [-0.2, -0.15) is 0 Å². The predicted molar refractivity (Wildman–Crippen MR) is 330 cm³/mol. The minimum Gasteiger partial charge on any atom is -0.479 e. The molecule has 0 spiro atoms. The number of unbranched alkanes of at least 4 members (excludes halogenated alkanes) is 21. The fourth-order valence-electron chi connectivity index (χ4n) is 8.92. The molecule has 12 heteroatoms. The van der Waals surface area contributed by atoms with Gasteiger partial charge in [-0.15, -0.1) is 0 Å². The van der Waals surface area contributed by atoms with Crippen LogP contribution in [0.5, 0.6) is 0 Å². The number of carbonyl (C=O) groups excluding carboxylic acids is 3. The first kappa shape index (κ1) is 74.4. The molecule has 0 aromatic heterocycles. The molecule has 460 valence electrons. The molecule has 1 saturated heterocycles. The standard InChI is InChI=1S/C69H112O12/c1-4-7-10-13-16-19-22-25-28-30-31-33-36-39-42-45-48-51-54-57-63(72)80-67-65(74)64(73)66(68(75)76)81-69(67)78-59-60(79-62(71)56-53-50-47-44-41-38-34-27-24-21-18-15-12-9-6-3)58-77-61(70)55-52-49-46-43-40-37-35-32-29-26-23-20-17-14-11-8-5-2/h9,12,16-21,25-29,31,33-34,41,44,60,64-67,69,73-74H,4-8,10-11,13-15,22-24,30,32,35-40,42-43,45-59H2,1-3H3,(H,75,76)/b12-9-,19-16-,20-17-,21-18-,28-25-,29-26-,33-31-,34-27-,44-41-. The SMILES string of the molecule is CC/C=C\C/C=C\C/C=C\C/C=C\CCCCC(=O)OC(COC(=O)CCCCCCCCC/C=C\C/C=C\CCCCC)COC1OC(C(=O)O)C(O)C(O)C1OC(=O)CCCCCCCC/C=C\C/C=C\C/C=C\CCCCC. The highest BCUT2D eigenvalue weighted by atomic mass is 16.7. The van der Waals surface area contributed by atoms with Crippen LogP contribution in [0.1, 0.15) is 252 Å². The van der Waals surface area contributed by atoms with E-state index in [0.717, 1.165) is 135 Å². The van der Waals surface area contributed by atoms with Gasteiger partial charge in [0.25, 0.3) is 0 Å². The van der Waals surface area contributed by atoms with Gasteiger partial charge in [-0.25, -0.2) is 4.79 Å². The zero-order valence-corrected chi connectivity index (χ0v) is 50.7. The monoisotopic (exact) mass is 1130 g/mol. The zero-order chi connectivity index (χ0) is 58.9. The summed E-state index contributed by atoms with van der Waals surface area (Å²) in [6.07, 6.45) is 63.3. The van der Waals surface area contributed by atoms with E-state index in [4.69, 9.17) is 23.7 Å². The molecule has 12 nitrogen and oxygen atoms in total. The third-order valence-corrected chi connectivity index (χ3v) is 13.8. The summed E-state index contributed by atoms with van der Waals surface area (Å²) in [5.41, 5.74) is 0. The fraction of sp³-hybridized carbons (Fsp3) is 0.681. The number of rotatable bonds is 53. The second-order valence-electron chi connectivity index (χ2n) is 21.3. The highest BCUT2D eigenvalue weighted by Gasteiger charge is 2.50. The third kappa shape index (κ3) is 45.6. The lowest BCUT2D eigenvalue weighted by atomic mass is 9.98. The lowest BCUT2D eigenvalue weighted by Crippen LogP contribution is -2.61. The van der Waals surface area contributed by atoms with Crippen LogP contribution in [0.2, 0.25) is 0 Å². The quantitative estimate of drug-likeness (QED) is 0.0228. The Kier molecular flexibility index (Phi) is 51.3. The number of carbonyl (C=O) groups is 4. The minimum absolute atomic E-state index is 0.0351. The number of aliphatic hydroxyl groups is 2. The topological polar surface area (TPSA) is 175 Å². The van der Waals surface area contributed by atoms with Crippen molar-refractivity contribution in [3.63, 3.8) is 0 Å². The van der Waals surface area contributed by atoms with E-state index in [0.29, 0.717) is 19.3 Å². The number of hydrogen-bond donors (Lipinski definition) is 3. The number of ether oxygens (including phenoxy) is 5. The number of esters is 3. The average Bonchev–Trinajstić information content (AvgIpc) is 3.52. The summed E-state index contributed by atoms with van der Waals surface area (Å²) < 4.78 is 28.4. The number of carboxylic acid groups (broad SMARTS) is 1. The molecule has 0 bridgehead atoms. The molecule has 1 heterocycles. The van der Waals surface area contributed by atoms with E-state index in [9.17, 15) is 34.5 Å². The molecule has 1 aliphatic rings. The number of hydrogen-bond acceptors (Lipinski definition) is 11. The van der Waals surface area contributed by atoms with Crippen molar-refractivity contribution in [1.29, 1.82) is 0 Å². The molecule has 6 atom stereocenters. The van der Waals surface area contributed by atoms with Gasteiger partial charge in [-0.3, -0.25) is 14.4 Å². The Balaban J connectivity index is 2.70. The Morgan fingerprint density at radius 2 is 0.778 bits per heavy atom. The van der Waals surface area contributed by atoms with E-state index in [1.165, 1.54) is 57.8 Å². The van der Waals surface area contributed by atoms with Crippen molar-refractivity contribution in [2.75, 3.05) is 13.2 Å². The van der Waals surface area contributed by atoms with Gasteiger partial charge in [-0.05, 0) is 128 Å². The van der Waals surface area contributed by atoms with E-state index in [1.54, 1.807) is 0 Å². The van der Waals surface area contributed by atoms with E-state index in [1.807, 2.05) is 0 Å². The molecule has 3 N–H and O–H groups in total. The van der Waals surface area contributed by atoms with Crippen LogP contribution in [0, 0.1) is 0 Å². The Morgan fingerprint density at radius 3 is 1.21 bits per heavy atom. The smallest absolute Gasteiger partial charge is 0.335 e. The van der Waals surface area contributed by atoms with Crippen LogP contribution in [0.15, 0.2) is 109 Å². The average molecular weight is 1130 g/mol. The molecule has 0 radical (unpaired) electrons. The van der Waals surface area contributed by atoms with Crippen LogP contribution in [-0.2, 0) is 42.9 Å². The summed E-state index contributed by atoms with van der Waals surface area (Å²) in [5, 5.41) is 31.6. The van der Waals surface area contributed by atoms with Crippen molar-refractivity contribution in [3.05, 3.63) is 109 Å². The maximum atomic E-state index is 13.2. The second-order valence-corrected chi connectivity index (χ2v) is 21.3. The fourth-order valence-corrected chi connectivity index (χ4v) is 8.92. The molecule has 0 aromatic rings. The molecule has 0 aliphatic carbocycles. The van der Waals surface area contributed by atoms with Crippen molar-refractivity contribution in [3.8, 4) is 0 Å². The van der Waals surface area contributed by atoms with Crippen molar-refractivity contribution in [1.82, 2.24) is 0 Å². The largest absolute Gasteiger partial charge is 0.479 e. The first-order valence-electron chi connectivity index (χ1n) is 31.9. The number of carboxylic acids is 1. The third-order valence-electron chi connectivity index (χ3n) is 13.8. The Labute approximate surface area is 491 Å². The van der Waals surface area contributed by atoms with Gasteiger partial charge in [-0.1, -0.05) is 214 Å². The van der Waals surface area contributed by atoms with Gasteiger partial charge in [0.1, 0.15) is 18.8 Å². The Hall–Kier alpha value is -4.62. The lowest BCUT2D eigenvalue weighted by molar-refractivity contribution is -0.301. The van der Waals surface area contributed by atoms with Crippen molar-refractivity contribution >= 4 is 23.9 Å². The van der Waals surface area contributed by atoms with E-state index in [2.05, 4.69) is 130 Å². The Bertz CT molecular complexity index is 1820. The first-order chi connectivity index (χ1) is 39.6. The second kappa shape index (κ2) is 55.9. The summed E-state index contributed by atoms with van der Waals surface area (Å²) in [4.78, 5) is 51.3. The lowest BCUT2D eigenvalue weighted by Gasteiger charge is -2.40. The molecule has 1 aliphatic heterocycles. The van der Waals surface area contributed by atoms with Crippen LogP contribution in [-0.4, -0.2) is 89.2 Å². The van der Waals surface area contributed by atoms with Gasteiger partial charge in [0, 0.05) is 19.3 Å². The first-order valence-corrected chi connectivity index (χ1v) is 31.9. The van der Waals surface area contributed by atoms with Gasteiger partial charge in [0.2, 0.25) is 0 Å². The van der Waals surface area contributed by atoms with Crippen LogP contribution in [0.3, 0.4) is 0 Å². The van der Waals surface area contributed by atoms with Crippen molar-refractivity contribution < 1.29 is 58.2 Å². The summed E-state index contributed by atoms with van der Waals surface area (Å²) in [7, 11) is 0. The van der Waals surface area contributed by atoms with Crippen LogP contribution >= 0.6 is 0 Å². The molecule has 0 saturated carbocycles. The molecular weight excluding hydrogens is 1020 g/mol. The van der Waals surface area contributed by atoms with Gasteiger partial charge in [0.05, 0.1) is 6.61 Å². The molecule has 0 aromatic carbocycles. The normalized spacial score (nSPS) is 18.5. The minimum atomic E-state index is -1.92. The summed E-state index contributed by atoms with van der Waals surface area (Å²) in [6.45, 7) is 5.79. The van der Waals surface area contributed by atoms with E-state index < -0.39 is 67.3 Å². The molecule has 0 amide bonds. The number of aliphatic hydroxyl groups excluding tert-OH is 2. The summed E-state index contributed by atoms with van der Waals surface area (Å²) in [5.74, 6) is -3.21. The van der Waals surface area contributed by atoms with E-state index >= 15 is 0 Å². The van der Waals surface area contributed by atoms with Crippen LogP contribution in [0.25, 0.3) is 0 Å². The van der Waals surface area contributed by atoms with E-state index in [-0.39, 0.29) is 25.9 Å².